The number of nitrogens with zero attached hydrogens (tertiary/aromatic N) is 2. The number of carbonyl (C=O) groups is 1. The van der Waals surface area contributed by atoms with Crippen LogP contribution in [0.5, 0.6) is 11.5 Å². The zero-order valence-electron chi connectivity index (χ0n) is 16.2. The largest absolute Gasteiger partial charge is 0.495 e. The topological polar surface area (TPSA) is 95.7 Å². The smallest absolute Gasteiger partial charge is 0.342 e. The molecule has 0 radical (unpaired) electrons. The number of nitrogens with one attached hydrogen (secondary N) is 1. The Hall–Kier alpha value is -3.00. The minimum atomic E-state index is -0.506. The van der Waals surface area contributed by atoms with Crippen molar-refractivity contribution in [2.45, 2.75) is 20.8 Å². The first-order chi connectivity index (χ1) is 13.4. The molecule has 0 atom stereocenters. The lowest BCUT2D eigenvalue weighted by molar-refractivity contribution is 0.0526. The molecule has 3 rings (SSSR count). The zero-order valence-corrected chi connectivity index (χ0v) is 16.9. The van der Waals surface area contributed by atoms with Crippen molar-refractivity contribution in [1.82, 2.24) is 9.97 Å². The monoisotopic (exact) mass is 405 g/mol. The molecule has 0 bridgehead atoms. The number of rotatable bonds is 6. The van der Waals surface area contributed by atoms with Crippen LogP contribution in [0.25, 0.3) is 11.1 Å². The van der Waals surface area contributed by atoms with Crippen LogP contribution in [0.15, 0.2) is 16.5 Å². The third kappa shape index (κ3) is 3.55. The van der Waals surface area contributed by atoms with Crippen LogP contribution in [0.2, 0.25) is 5.02 Å². The molecular formula is C19H20ClN3O5. The fourth-order valence-electron chi connectivity index (χ4n) is 2.84. The van der Waals surface area contributed by atoms with E-state index in [4.69, 9.17) is 30.2 Å². The Morgan fingerprint density at radius 1 is 1.18 bits per heavy atom. The highest BCUT2D eigenvalue weighted by atomic mass is 35.5. The Morgan fingerprint density at radius 3 is 2.54 bits per heavy atom. The van der Waals surface area contributed by atoms with Gasteiger partial charge in [-0.15, -0.1) is 0 Å². The van der Waals surface area contributed by atoms with Crippen molar-refractivity contribution in [3.63, 3.8) is 0 Å². The van der Waals surface area contributed by atoms with Crippen LogP contribution >= 0.6 is 11.6 Å². The predicted molar refractivity (Wildman–Crippen MR) is 105 cm³/mol. The molecule has 0 aliphatic rings. The summed E-state index contributed by atoms with van der Waals surface area (Å²) in [5.41, 5.74) is 1.11. The van der Waals surface area contributed by atoms with Crippen molar-refractivity contribution in [1.29, 1.82) is 0 Å². The number of hydrogen-bond donors (Lipinski definition) is 1. The van der Waals surface area contributed by atoms with Crippen LogP contribution in [0.1, 0.15) is 28.9 Å². The minimum Gasteiger partial charge on any atom is -0.495 e. The van der Waals surface area contributed by atoms with E-state index in [0.717, 1.165) is 0 Å². The van der Waals surface area contributed by atoms with Crippen molar-refractivity contribution in [3.8, 4) is 11.5 Å². The van der Waals surface area contributed by atoms with Crippen LogP contribution in [-0.2, 0) is 4.74 Å². The molecule has 0 fully saturated rings. The number of hydrogen-bond acceptors (Lipinski definition) is 8. The van der Waals surface area contributed by atoms with E-state index < -0.39 is 5.97 Å². The van der Waals surface area contributed by atoms with Gasteiger partial charge in [0.1, 0.15) is 34.5 Å². The molecule has 2 aromatic heterocycles. The number of halogens is 1. The van der Waals surface area contributed by atoms with Crippen LogP contribution in [0.3, 0.4) is 0 Å². The molecule has 1 aromatic carbocycles. The van der Waals surface area contributed by atoms with E-state index >= 15 is 0 Å². The van der Waals surface area contributed by atoms with Gasteiger partial charge in [0.25, 0.3) is 0 Å². The molecule has 9 heteroatoms. The summed E-state index contributed by atoms with van der Waals surface area (Å²) in [5.74, 6) is 1.70. The number of aromatic nitrogens is 2. The Balaban J connectivity index is 2.18. The number of ether oxygens (including phenoxy) is 3. The Kier molecular flexibility index (Phi) is 5.60. The number of esters is 1. The molecular weight excluding hydrogens is 386 g/mol. The maximum atomic E-state index is 12.5. The summed E-state index contributed by atoms with van der Waals surface area (Å²) in [6.07, 6.45) is 0. The van der Waals surface area contributed by atoms with Gasteiger partial charge in [0, 0.05) is 6.07 Å². The summed E-state index contributed by atoms with van der Waals surface area (Å²) >= 11 is 6.26. The van der Waals surface area contributed by atoms with Gasteiger partial charge in [-0.2, -0.15) is 4.98 Å². The van der Waals surface area contributed by atoms with Gasteiger partial charge in [-0.1, -0.05) is 11.6 Å². The third-order valence-electron chi connectivity index (χ3n) is 4.05. The molecule has 0 saturated heterocycles. The van der Waals surface area contributed by atoms with Gasteiger partial charge in [0.15, 0.2) is 0 Å². The highest BCUT2D eigenvalue weighted by Crippen LogP contribution is 2.39. The first-order valence-electron chi connectivity index (χ1n) is 8.53. The number of benzene rings is 1. The van der Waals surface area contributed by atoms with E-state index in [1.54, 1.807) is 32.9 Å². The van der Waals surface area contributed by atoms with Crippen molar-refractivity contribution in [2.24, 2.45) is 0 Å². The van der Waals surface area contributed by atoms with E-state index in [1.165, 1.54) is 14.2 Å². The Morgan fingerprint density at radius 2 is 1.89 bits per heavy atom. The normalized spacial score (nSPS) is 10.8. The van der Waals surface area contributed by atoms with Gasteiger partial charge in [-0.3, -0.25) is 0 Å². The molecule has 2 heterocycles. The highest BCUT2D eigenvalue weighted by molar-refractivity contribution is 6.32. The van der Waals surface area contributed by atoms with Gasteiger partial charge in [-0.25, -0.2) is 9.78 Å². The maximum Gasteiger partial charge on any atom is 0.342 e. The molecule has 0 unspecified atom stereocenters. The predicted octanol–water partition coefficient (Wildman–Crippen LogP) is 4.43. The molecule has 148 valence electrons. The summed E-state index contributed by atoms with van der Waals surface area (Å²) < 4.78 is 21.5. The van der Waals surface area contributed by atoms with Crippen molar-refractivity contribution in [2.75, 3.05) is 26.1 Å². The molecule has 3 aromatic rings. The Labute approximate surface area is 166 Å². The number of furan rings is 1. The second-order valence-corrected chi connectivity index (χ2v) is 6.27. The van der Waals surface area contributed by atoms with Crippen molar-refractivity contribution >= 4 is 40.2 Å². The average Bonchev–Trinajstić information content (AvgIpc) is 2.98. The SMILES string of the molecule is CCOC(=O)c1c(C)oc2nc(C)nc(Nc3cc(Cl)c(OC)cc3OC)c12. The number of anilines is 2. The summed E-state index contributed by atoms with van der Waals surface area (Å²) in [6.45, 7) is 5.38. The molecule has 0 spiro atoms. The first kappa shape index (κ1) is 19.8. The molecule has 0 aliphatic carbocycles. The fourth-order valence-corrected chi connectivity index (χ4v) is 3.08. The number of aryl methyl sites for hydroxylation is 2. The summed E-state index contributed by atoms with van der Waals surface area (Å²) in [6, 6.07) is 3.31. The van der Waals surface area contributed by atoms with E-state index in [9.17, 15) is 4.79 Å². The molecule has 8 nitrogen and oxygen atoms in total. The van der Waals surface area contributed by atoms with Crippen LogP contribution in [-0.4, -0.2) is 36.8 Å². The number of carbonyl (C=O) groups excluding carboxylic acids is 1. The lowest BCUT2D eigenvalue weighted by Crippen LogP contribution is -2.07. The Bertz CT molecular complexity index is 1050. The fraction of sp³-hybridized carbons (Fsp3) is 0.316. The minimum absolute atomic E-state index is 0.238. The van der Waals surface area contributed by atoms with E-state index in [1.807, 2.05) is 0 Å². The lowest BCUT2D eigenvalue weighted by atomic mass is 10.1. The molecule has 1 N–H and O–H groups in total. The van der Waals surface area contributed by atoms with Crippen molar-refractivity contribution in [3.05, 3.63) is 34.3 Å². The number of methoxy groups -OCH3 is 2. The summed E-state index contributed by atoms with van der Waals surface area (Å²) in [4.78, 5) is 21.2. The number of fused-ring (bicyclic) bond motifs is 1. The maximum absolute atomic E-state index is 12.5. The van der Waals surface area contributed by atoms with Crippen molar-refractivity contribution < 1.29 is 23.4 Å². The van der Waals surface area contributed by atoms with E-state index in [0.29, 0.717) is 45.0 Å². The second-order valence-electron chi connectivity index (χ2n) is 5.87. The van der Waals surface area contributed by atoms with Gasteiger partial charge >= 0.3 is 5.97 Å². The zero-order chi connectivity index (χ0) is 20.4. The quantitative estimate of drug-likeness (QED) is 0.601. The van der Waals surface area contributed by atoms with E-state index in [-0.39, 0.29) is 17.9 Å². The highest BCUT2D eigenvalue weighted by Gasteiger charge is 2.25. The first-order valence-corrected chi connectivity index (χ1v) is 8.90. The van der Waals surface area contributed by atoms with Gasteiger partial charge in [0.2, 0.25) is 5.71 Å². The second kappa shape index (κ2) is 7.93. The summed E-state index contributed by atoms with van der Waals surface area (Å²) in [5, 5.41) is 3.98. The third-order valence-corrected chi connectivity index (χ3v) is 4.34. The average molecular weight is 406 g/mol. The van der Waals surface area contributed by atoms with Gasteiger partial charge in [-0.05, 0) is 26.8 Å². The van der Waals surface area contributed by atoms with Crippen LogP contribution in [0.4, 0.5) is 11.5 Å². The molecule has 0 aliphatic heterocycles. The van der Waals surface area contributed by atoms with Gasteiger partial charge < -0.3 is 23.9 Å². The van der Waals surface area contributed by atoms with E-state index in [2.05, 4.69) is 15.3 Å². The molecule has 0 saturated carbocycles. The molecule has 0 amide bonds. The summed E-state index contributed by atoms with van der Waals surface area (Å²) in [7, 11) is 3.05. The van der Waals surface area contributed by atoms with Crippen LogP contribution < -0.4 is 14.8 Å². The van der Waals surface area contributed by atoms with Gasteiger partial charge in [0.05, 0.1) is 36.9 Å². The standard InChI is InChI=1S/C19H20ClN3O5/c1-6-27-19(24)15-9(2)28-18-16(15)17(21-10(3)22-18)23-12-7-11(20)13(25-4)8-14(12)26-5/h7-8H,6H2,1-5H3,(H,21,22,23). The molecule has 28 heavy (non-hydrogen) atoms. The van der Waals surface area contributed by atoms with Crippen LogP contribution in [0, 0.1) is 13.8 Å². The lowest BCUT2D eigenvalue weighted by Gasteiger charge is -2.14.